The van der Waals surface area contributed by atoms with Crippen molar-refractivity contribution in [2.45, 2.75) is 90.4 Å². The average molecular weight is 978 g/mol. The number of nitrogens with one attached hydrogen (secondary N) is 2. The third-order valence-corrected chi connectivity index (χ3v) is 14.3. The molecule has 7 rings (SSSR count). The highest BCUT2D eigenvalue weighted by Crippen LogP contribution is 2.37. The van der Waals surface area contributed by atoms with Crippen molar-refractivity contribution in [2.75, 3.05) is 59.8 Å². The van der Waals surface area contributed by atoms with Gasteiger partial charge < -0.3 is 39.0 Å². The molecule has 5 aromatic rings. The van der Waals surface area contributed by atoms with E-state index in [0.717, 1.165) is 83.6 Å². The summed E-state index contributed by atoms with van der Waals surface area (Å²) in [6.45, 7) is 9.49. The lowest BCUT2D eigenvalue weighted by atomic mass is 9.83. The smallest absolute Gasteiger partial charge is 0.246 e. The third-order valence-electron chi connectivity index (χ3n) is 13.3. The number of hydrogen-bond donors (Lipinski definition) is 2. The fourth-order valence-corrected chi connectivity index (χ4v) is 10.2. The molecule has 2 amide bonds. The predicted octanol–water partition coefficient (Wildman–Crippen LogP) is 8.07. The second-order valence-electron chi connectivity index (χ2n) is 17.9. The van der Waals surface area contributed by atoms with Crippen LogP contribution in [0.2, 0.25) is 0 Å². The molecule has 3 atom stereocenters. The van der Waals surface area contributed by atoms with E-state index < -0.39 is 12.1 Å². The van der Waals surface area contributed by atoms with Gasteiger partial charge >= 0.3 is 0 Å². The summed E-state index contributed by atoms with van der Waals surface area (Å²) in [7, 11) is 1.74. The summed E-state index contributed by atoms with van der Waals surface area (Å²) in [5.41, 5.74) is 7.68. The van der Waals surface area contributed by atoms with Crippen LogP contribution in [0.1, 0.15) is 113 Å². The highest BCUT2D eigenvalue weighted by atomic mass is 32.1. The topological polar surface area (TPSA) is 181 Å². The molecule has 370 valence electrons. The molecule has 2 fully saturated rings. The van der Waals surface area contributed by atoms with Crippen LogP contribution in [-0.4, -0.2) is 104 Å². The molecule has 1 saturated carbocycles. The lowest BCUT2D eigenvalue weighted by Crippen LogP contribution is -2.55. The highest BCUT2D eigenvalue weighted by molar-refractivity contribution is 7.10. The van der Waals surface area contributed by atoms with Gasteiger partial charge in [-0.25, -0.2) is 4.98 Å². The maximum absolute atomic E-state index is 14.2. The molecular formula is C56H63N7O7S. The van der Waals surface area contributed by atoms with Gasteiger partial charge in [-0.05, 0) is 107 Å². The first kappa shape index (κ1) is 52.2. The second kappa shape index (κ2) is 26.0. The predicted molar refractivity (Wildman–Crippen MR) is 272 cm³/mol. The van der Waals surface area contributed by atoms with Crippen LogP contribution >= 0.6 is 11.3 Å². The van der Waals surface area contributed by atoms with E-state index in [9.17, 15) is 24.9 Å². The zero-order chi connectivity index (χ0) is 50.1. The molecule has 3 heterocycles. The summed E-state index contributed by atoms with van der Waals surface area (Å²) in [5, 5.41) is 27.7. The van der Waals surface area contributed by atoms with E-state index in [4.69, 9.17) is 23.9 Å². The van der Waals surface area contributed by atoms with Gasteiger partial charge in [-0.1, -0.05) is 67.5 Å². The number of nitrogens with zero attached hydrogens (tertiary/aromatic N) is 5. The van der Waals surface area contributed by atoms with Gasteiger partial charge in [0.25, 0.3) is 0 Å². The van der Waals surface area contributed by atoms with Crippen molar-refractivity contribution in [1.29, 1.82) is 10.5 Å². The van der Waals surface area contributed by atoms with E-state index in [1.54, 1.807) is 55.7 Å². The van der Waals surface area contributed by atoms with Crippen molar-refractivity contribution in [3.63, 3.8) is 0 Å². The Hall–Kier alpha value is -6.64. The minimum atomic E-state index is -0.581. The summed E-state index contributed by atoms with van der Waals surface area (Å²) in [6.07, 6.45) is 6.66. The van der Waals surface area contributed by atoms with Gasteiger partial charge in [0, 0.05) is 46.5 Å². The number of likely N-dealkylation sites (tertiary alicyclic amines) is 1. The van der Waals surface area contributed by atoms with Crippen LogP contribution in [0.15, 0.2) is 78.2 Å². The standard InChI is InChI=1S/C56H63N7O7S/c1-38(59-4)54(65)61-52(45-12-6-5-7-13-45)56(66)62-25-9-16-50(62)55-60-49(37-71-55)53(64)46-14-8-15-47(33-46)70-32-31-69-30-29-68-28-27-67-26-10-11-41-17-19-43(20-18-41)36-63-39(2)48(35-58)51(40(63)3)44-23-21-42(34-57)22-24-44/h8,14-15,17-24,33,37-38,45,50,52,59H,5-7,9,12-13,16,25-32,36H2,1-4H3,(H,61,65)/t38-,50-,52-/m0/s1. The Morgan fingerprint density at radius 1 is 0.831 bits per heavy atom. The summed E-state index contributed by atoms with van der Waals surface area (Å²) >= 11 is 1.39. The number of ketones is 1. The lowest BCUT2D eigenvalue weighted by molar-refractivity contribution is -0.139. The van der Waals surface area contributed by atoms with Crippen molar-refractivity contribution in [1.82, 2.24) is 25.1 Å². The summed E-state index contributed by atoms with van der Waals surface area (Å²) in [5.74, 6) is 6.38. The Morgan fingerprint density at radius 2 is 1.54 bits per heavy atom. The normalized spacial score (nSPS) is 15.5. The summed E-state index contributed by atoms with van der Waals surface area (Å²) in [4.78, 5) is 47.4. The minimum Gasteiger partial charge on any atom is -0.491 e. The van der Waals surface area contributed by atoms with Gasteiger partial charge in [-0.3, -0.25) is 14.4 Å². The number of ether oxygens (including phenoxy) is 4. The fraction of sp³-hybridized carbons (Fsp3) is 0.429. The number of carbonyl (C=O) groups excluding carboxylic acids is 3. The molecule has 3 aromatic carbocycles. The Morgan fingerprint density at radius 3 is 2.24 bits per heavy atom. The molecule has 2 aliphatic rings. The van der Waals surface area contributed by atoms with E-state index >= 15 is 0 Å². The van der Waals surface area contributed by atoms with Gasteiger partial charge in [-0.15, -0.1) is 11.3 Å². The number of carbonyl (C=O) groups is 3. The molecule has 0 bridgehead atoms. The van der Waals surface area contributed by atoms with Crippen LogP contribution in [0.3, 0.4) is 0 Å². The van der Waals surface area contributed by atoms with Crippen LogP contribution in [0.5, 0.6) is 5.75 Å². The van der Waals surface area contributed by atoms with Crippen LogP contribution in [-0.2, 0) is 30.3 Å². The van der Waals surface area contributed by atoms with Crippen molar-refractivity contribution in [2.24, 2.45) is 5.92 Å². The molecule has 2 aromatic heterocycles. The maximum atomic E-state index is 14.2. The molecule has 0 unspecified atom stereocenters. The molecule has 14 nitrogen and oxygen atoms in total. The Kier molecular flexibility index (Phi) is 19.1. The second-order valence-corrected chi connectivity index (χ2v) is 18.8. The monoisotopic (exact) mass is 977 g/mol. The number of aromatic nitrogens is 2. The average Bonchev–Trinajstić information content (AvgIpc) is 4.16. The SMILES string of the molecule is CN[C@@H](C)C(=O)N[C@H](C(=O)N1CCC[C@H]1c1nc(C(=O)c2cccc(OCCOCCOCCOCC#Cc3ccc(Cn4c(C)c(C#N)c(-c5ccc(C#N)cc5)c4C)cc3)c2)cs1)C1CCCCC1. The highest BCUT2D eigenvalue weighted by Gasteiger charge is 2.40. The molecule has 2 N–H and O–H groups in total. The third kappa shape index (κ3) is 13.6. The van der Waals surface area contributed by atoms with E-state index in [2.05, 4.69) is 39.2 Å². The van der Waals surface area contributed by atoms with E-state index in [0.29, 0.717) is 80.9 Å². The van der Waals surface area contributed by atoms with Gasteiger partial charge in [0.2, 0.25) is 17.6 Å². The van der Waals surface area contributed by atoms with E-state index in [1.165, 1.54) is 11.3 Å². The Labute approximate surface area is 421 Å². The fourth-order valence-electron chi connectivity index (χ4n) is 9.26. The van der Waals surface area contributed by atoms with Crippen LogP contribution in [0.4, 0.5) is 0 Å². The maximum Gasteiger partial charge on any atom is 0.246 e. The van der Waals surface area contributed by atoms with Gasteiger partial charge in [0.1, 0.15) is 41.8 Å². The van der Waals surface area contributed by atoms with Crippen LogP contribution in [0, 0.1) is 54.3 Å². The number of nitriles is 2. The molecule has 1 aliphatic heterocycles. The first-order valence-electron chi connectivity index (χ1n) is 24.5. The molecule has 15 heteroatoms. The number of hydrogen-bond acceptors (Lipinski definition) is 12. The van der Waals surface area contributed by atoms with Gasteiger partial charge in [-0.2, -0.15) is 10.5 Å². The molecule has 71 heavy (non-hydrogen) atoms. The number of amides is 2. The number of thiazole rings is 1. The zero-order valence-electron chi connectivity index (χ0n) is 41.1. The number of likely N-dealkylation sites (N-methyl/N-ethyl adjacent to an activating group) is 1. The Bertz CT molecular complexity index is 2750. The zero-order valence-corrected chi connectivity index (χ0v) is 41.9. The van der Waals surface area contributed by atoms with Crippen molar-refractivity contribution in [3.8, 4) is 40.9 Å². The van der Waals surface area contributed by atoms with Crippen molar-refractivity contribution >= 4 is 28.9 Å². The number of rotatable bonds is 22. The quantitative estimate of drug-likeness (QED) is 0.0389. The first-order chi connectivity index (χ1) is 34.6. The van der Waals surface area contributed by atoms with E-state index in [-0.39, 0.29) is 36.2 Å². The van der Waals surface area contributed by atoms with E-state index in [1.807, 2.05) is 55.1 Å². The summed E-state index contributed by atoms with van der Waals surface area (Å²) < 4.78 is 25.0. The lowest BCUT2D eigenvalue weighted by Gasteiger charge is -2.35. The molecule has 0 radical (unpaired) electrons. The van der Waals surface area contributed by atoms with Gasteiger partial charge in [0.15, 0.2) is 0 Å². The van der Waals surface area contributed by atoms with Gasteiger partial charge in [0.05, 0.1) is 62.3 Å². The molecule has 1 aliphatic carbocycles. The first-order valence-corrected chi connectivity index (χ1v) is 25.4. The van der Waals surface area contributed by atoms with Crippen LogP contribution < -0.4 is 15.4 Å². The molecule has 0 spiro atoms. The number of benzene rings is 3. The summed E-state index contributed by atoms with van der Waals surface area (Å²) in [6, 6.07) is 25.7. The van der Waals surface area contributed by atoms with Crippen molar-refractivity contribution in [3.05, 3.63) is 128 Å². The van der Waals surface area contributed by atoms with Crippen LogP contribution in [0.25, 0.3) is 11.1 Å². The van der Waals surface area contributed by atoms with Crippen molar-refractivity contribution < 1.29 is 33.3 Å². The minimum absolute atomic E-state index is 0.0597. The largest absolute Gasteiger partial charge is 0.491 e. The molecular weight excluding hydrogens is 915 g/mol. The Balaban J connectivity index is 0.777. The molecule has 1 saturated heterocycles.